The lowest BCUT2D eigenvalue weighted by Gasteiger charge is -2.16. The van der Waals surface area contributed by atoms with Gasteiger partial charge in [0.2, 0.25) is 5.91 Å². The second kappa shape index (κ2) is 9.13. The van der Waals surface area contributed by atoms with Gasteiger partial charge in [0.1, 0.15) is 19.4 Å². The number of aromatic nitrogens is 3. The van der Waals surface area contributed by atoms with E-state index in [0.29, 0.717) is 34.7 Å². The van der Waals surface area contributed by atoms with Gasteiger partial charge in [-0.1, -0.05) is 54.6 Å². The summed E-state index contributed by atoms with van der Waals surface area (Å²) in [5, 5.41) is 21.2. The number of fused-ring (bicyclic) bond motifs is 1. The molecular weight excluding hydrogens is 461 g/mol. The van der Waals surface area contributed by atoms with Gasteiger partial charge in [0.25, 0.3) is 0 Å². The molecule has 3 N–H and O–H groups in total. The van der Waals surface area contributed by atoms with Crippen LogP contribution in [0, 0.1) is 0 Å². The Morgan fingerprint density at radius 3 is 2.57 bits per heavy atom. The van der Waals surface area contributed by atoms with Gasteiger partial charge in [-0.25, -0.2) is 4.98 Å². The maximum Gasteiger partial charge on any atom is 0.235 e. The number of aromatic hydroxyl groups is 1. The van der Waals surface area contributed by atoms with E-state index in [2.05, 4.69) is 20.7 Å². The number of benzene rings is 3. The molecule has 8 heteroatoms. The van der Waals surface area contributed by atoms with Gasteiger partial charge < -0.3 is 15.7 Å². The van der Waals surface area contributed by atoms with Crippen molar-refractivity contribution in [1.82, 2.24) is 14.6 Å². The molecule has 3 aromatic carbocycles. The van der Waals surface area contributed by atoms with Crippen LogP contribution in [-0.2, 0) is 16.8 Å². The molecule has 0 spiro atoms. The minimum Gasteiger partial charge on any atom is -0.507 e. The summed E-state index contributed by atoms with van der Waals surface area (Å²) in [6.07, 6.45) is 3.27. The number of carbonyl (C=O) groups is 1. The summed E-state index contributed by atoms with van der Waals surface area (Å²) in [4.78, 5) is 17.8. The van der Waals surface area contributed by atoms with Gasteiger partial charge in [-0.2, -0.15) is 9.61 Å². The molecule has 0 atom stereocenters. The average molecular weight is 485 g/mol. The highest BCUT2D eigenvalue weighted by Gasteiger charge is 2.51. The molecule has 2 radical (unpaired) electrons. The first-order chi connectivity index (χ1) is 18.0. The van der Waals surface area contributed by atoms with E-state index in [9.17, 15) is 9.90 Å². The van der Waals surface area contributed by atoms with E-state index in [4.69, 9.17) is 7.85 Å². The summed E-state index contributed by atoms with van der Waals surface area (Å²) >= 11 is 0. The third kappa shape index (κ3) is 4.31. The number of anilines is 2. The van der Waals surface area contributed by atoms with Crippen LogP contribution >= 0.6 is 0 Å². The molecule has 2 heterocycles. The number of hydrogen-bond donors (Lipinski definition) is 3. The maximum absolute atomic E-state index is 13.2. The third-order valence-corrected chi connectivity index (χ3v) is 6.85. The number of nitrogens with one attached hydrogen (secondary N) is 2. The van der Waals surface area contributed by atoms with E-state index in [1.54, 1.807) is 28.9 Å². The predicted molar refractivity (Wildman–Crippen MR) is 145 cm³/mol. The molecule has 0 aliphatic heterocycles. The Hall–Kier alpha value is -4.59. The second-order valence-corrected chi connectivity index (χ2v) is 9.34. The van der Waals surface area contributed by atoms with E-state index < -0.39 is 5.41 Å². The zero-order valence-electron chi connectivity index (χ0n) is 20.1. The highest BCUT2D eigenvalue weighted by molar-refractivity contribution is 6.36. The molecule has 1 amide bonds. The van der Waals surface area contributed by atoms with Crippen molar-refractivity contribution in [2.75, 3.05) is 10.6 Å². The number of hydrogen-bond acceptors (Lipinski definition) is 5. The zero-order chi connectivity index (χ0) is 25.4. The Labute approximate surface area is 215 Å². The van der Waals surface area contributed by atoms with Crippen LogP contribution in [0.25, 0.3) is 16.9 Å². The fourth-order valence-corrected chi connectivity index (χ4v) is 4.67. The molecule has 1 aliphatic rings. The first-order valence-corrected chi connectivity index (χ1v) is 12.2. The van der Waals surface area contributed by atoms with E-state index >= 15 is 0 Å². The van der Waals surface area contributed by atoms with Crippen molar-refractivity contribution >= 4 is 36.4 Å². The van der Waals surface area contributed by atoms with E-state index in [1.807, 2.05) is 66.7 Å². The summed E-state index contributed by atoms with van der Waals surface area (Å²) in [7, 11) is 6.11. The Balaban J connectivity index is 1.23. The molecule has 180 valence electrons. The lowest BCUT2D eigenvalue weighted by Crippen LogP contribution is -2.27. The molecule has 2 aromatic heterocycles. The minimum absolute atomic E-state index is 0.0268. The van der Waals surface area contributed by atoms with Crippen LogP contribution in [0.1, 0.15) is 24.0 Å². The monoisotopic (exact) mass is 485 g/mol. The van der Waals surface area contributed by atoms with Crippen molar-refractivity contribution in [3.05, 3.63) is 102 Å². The van der Waals surface area contributed by atoms with Crippen molar-refractivity contribution < 1.29 is 9.90 Å². The molecule has 0 bridgehead atoms. The number of amides is 1. The maximum atomic E-state index is 13.2. The molecule has 1 fully saturated rings. The van der Waals surface area contributed by atoms with Crippen molar-refractivity contribution in [2.24, 2.45) is 0 Å². The molecule has 6 rings (SSSR count). The van der Waals surface area contributed by atoms with Crippen LogP contribution < -0.4 is 16.1 Å². The van der Waals surface area contributed by atoms with Gasteiger partial charge in [0.15, 0.2) is 5.65 Å². The average Bonchev–Trinajstić information content (AvgIpc) is 3.66. The molecule has 0 unspecified atom stereocenters. The molecule has 37 heavy (non-hydrogen) atoms. The predicted octanol–water partition coefficient (Wildman–Crippen LogP) is 4.18. The van der Waals surface area contributed by atoms with Gasteiger partial charge in [0, 0.05) is 30.1 Å². The normalized spacial score (nSPS) is 13.8. The molecular formula is C29H24BN5O2. The largest absolute Gasteiger partial charge is 0.507 e. The first-order valence-electron chi connectivity index (χ1n) is 12.2. The van der Waals surface area contributed by atoms with E-state index in [1.165, 1.54) is 0 Å². The SMILES string of the molecule is [B]c1cnn2c(NCc3cccc(NC(=O)C4(c5ccccc5)CC4)c3)cc(-c3ccccc3O)nc12. The van der Waals surface area contributed by atoms with Crippen LogP contribution in [0.2, 0.25) is 0 Å². The number of nitrogens with zero attached hydrogens (tertiary/aromatic N) is 3. The summed E-state index contributed by atoms with van der Waals surface area (Å²) < 4.78 is 1.64. The topological polar surface area (TPSA) is 91.5 Å². The number of rotatable bonds is 7. The fraction of sp³-hybridized carbons (Fsp3) is 0.138. The zero-order valence-corrected chi connectivity index (χ0v) is 20.1. The Morgan fingerprint density at radius 1 is 1.00 bits per heavy atom. The van der Waals surface area contributed by atoms with Crippen LogP contribution in [0.5, 0.6) is 5.75 Å². The van der Waals surface area contributed by atoms with E-state index in [0.717, 1.165) is 29.7 Å². The first kappa shape index (κ1) is 22.9. The van der Waals surface area contributed by atoms with Gasteiger partial charge >= 0.3 is 0 Å². The van der Waals surface area contributed by atoms with Crippen LogP contribution in [0.3, 0.4) is 0 Å². The number of phenolic OH excluding ortho intramolecular Hbond substituents is 1. The third-order valence-electron chi connectivity index (χ3n) is 6.85. The molecule has 7 nitrogen and oxygen atoms in total. The quantitative estimate of drug-likeness (QED) is 0.301. The molecule has 1 aliphatic carbocycles. The summed E-state index contributed by atoms with van der Waals surface area (Å²) in [5.41, 5.74) is 4.49. The summed E-state index contributed by atoms with van der Waals surface area (Å²) in [5.74, 6) is 0.838. The molecule has 5 aromatic rings. The summed E-state index contributed by atoms with van der Waals surface area (Å²) in [6, 6.07) is 26.6. The van der Waals surface area contributed by atoms with Gasteiger partial charge in [-0.15, -0.1) is 0 Å². The lowest BCUT2D eigenvalue weighted by atomic mass is 9.95. The highest BCUT2D eigenvalue weighted by Crippen LogP contribution is 2.48. The smallest absolute Gasteiger partial charge is 0.235 e. The Morgan fingerprint density at radius 2 is 1.78 bits per heavy atom. The van der Waals surface area contributed by atoms with Gasteiger partial charge in [-0.05, 0) is 53.7 Å². The van der Waals surface area contributed by atoms with Crippen LogP contribution in [0.15, 0.2) is 91.1 Å². The van der Waals surface area contributed by atoms with Gasteiger partial charge in [-0.3, -0.25) is 4.79 Å². The van der Waals surface area contributed by atoms with E-state index in [-0.39, 0.29) is 11.7 Å². The highest BCUT2D eigenvalue weighted by atomic mass is 16.3. The molecule has 1 saturated carbocycles. The van der Waals surface area contributed by atoms with Crippen molar-refractivity contribution in [1.29, 1.82) is 0 Å². The molecule has 0 saturated heterocycles. The second-order valence-electron chi connectivity index (χ2n) is 9.34. The Kier molecular flexibility index (Phi) is 5.64. The standard InChI is InChI=1S/C29H24BN5O2/c30-23-18-32-35-26(16-24(34-27(23)35)22-11-4-5-12-25(22)36)31-17-19-7-6-10-21(15-19)33-28(37)29(13-14-29)20-8-2-1-3-9-20/h1-12,15-16,18,31,36H,13-14,17H2,(H,33,37). The number of phenols is 1. The summed E-state index contributed by atoms with van der Waals surface area (Å²) in [6.45, 7) is 0.479. The number of para-hydroxylation sites is 1. The van der Waals surface area contributed by atoms with Crippen LogP contribution in [0.4, 0.5) is 11.5 Å². The lowest BCUT2D eigenvalue weighted by molar-refractivity contribution is -0.118. The fourth-order valence-electron chi connectivity index (χ4n) is 4.67. The van der Waals surface area contributed by atoms with Gasteiger partial charge in [0.05, 0.1) is 11.1 Å². The van der Waals surface area contributed by atoms with Crippen molar-refractivity contribution in [3.8, 4) is 17.0 Å². The van der Waals surface area contributed by atoms with Crippen molar-refractivity contribution in [3.63, 3.8) is 0 Å². The van der Waals surface area contributed by atoms with Crippen LogP contribution in [-0.4, -0.2) is 33.5 Å². The number of carbonyl (C=O) groups excluding carboxylic acids is 1. The van der Waals surface area contributed by atoms with Crippen molar-refractivity contribution in [2.45, 2.75) is 24.8 Å². The Bertz CT molecular complexity index is 1610. The minimum atomic E-state index is -0.433.